The van der Waals surface area contributed by atoms with Crippen molar-refractivity contribution in [2.45, 2.75) is 251 Å². The number of aliphatic hydroxyl groups is 1. The zero-order valence-corrected chi connectivity index (χ0v) is 32.0. The molecule has 0 aliphatic carbocycles. The first-order valence-electron chi connectivity index (χ1n) is 21.1. The van der Waals surface area contributed by atoms with Gasteiger partial charge >= 0.3 is 11.9 Å². The number of aliphatic hydroxyl groups excluding tert-OH is 1. The second-order valence-electron chi connectivity index (χ2n) is 14.4. The van der Waals surface area contributed by atoms with Crippen LogP contribution in [0.1, 0.15) is 239 Å². The van der Waals surface area contributed by atoms with E-state index in [0.717, 1.165) is 77.0 Å². The van der Waals surface area contributed by atoms with Crippen LogP contribution in [0.3, 0.4) is 0 Å². The van der Waals surface area contributed by atoms with Crippen LogP contribution in [-0.4, -0.2) is 35.9 Å². The molecule has 0 spiro atoms. The Balaban J connectivity index is 4.10. The number of hydrogen-bond acceptors (Lipinski definition) is 5. The number of unbranched alkanes of at least 4 members (excludes halogenated alkanes) is 26. The molecule has 0 rings (SSSR count). The summed E-state index contributed by atoms with van der Waals surface area (Å²) in [5.74, 6) is -0.196. The van der Waals surface area contributed by atoms with E-state index < -0.39 is 6.10 Å². The Bertz CT molecular complexity index is 651. The van der Waals surface area contributed by atoms with Gasteiger partial charge in [0.2, 0.25) is 0 Å². The molecule has 0 bridgehead atoms. The van der Waals surface area contributed by atoms with Crippen molar-refractivity contribution in [3.8, 4) is 0 Å². The van der Waals surface area contributed by atoms with Gasteiger partial charge in [-0.3, -0.25) is 9.59 Å². The van der Waals surface area contributed by atoms with Crippen molar-refractivity contribution in [2.24, 2.45) is 0 Å². The lowest BCUT2D eigenvalue weighted by Crippen LogP contribution is -2.31. The van der Waals surface area contributed by atoms with Crippen LogP contribution in [0.15, 0.2) is 0 Å². The van der Waals surface area contributed by atoms with E-state index in [1.54, 1.807) is 0 Å². The van der Waals surface area contributed by atoms with Crippen LogP contribution in [-0.2, 0) is 19.1 Å². The van der Waals surface area contributed by atoms with E-state index in [9.17, 15) is 14.7 Å². The van der Waals surface area contributed by atoms with Crippen LogP contribution in [0, 0.1) is 0 Å². The lowest BCUT2D eigenvalue weighted by molar-refractivity contribution is -0.156. The summed E-state index contributed by atoms with van der Waals surface area (Å²) in [5.41, 5.74) is 0. The van der Waals surface area contributed by atoms with E-state index in [-0.39, 0.29) is 18.0 Å². The summed E-state index contributed by atoms with van der Waals surface area (Å²) in [7, 11) is 0. The SMILES string of the molecule is CCCCCCCCCCCCCCCC(=O)OC(CCCCCCCC)C(O)CCCCCCCC(=O)OCCCCCCCC. The van der Waals surface area contributed by atoms with Gasteiger partial charge in [-0.25, -0.2) is 0 Å². The molecular weight excluding hydrogens is 584 g/mol. The minimum absolute atomic E-state index is 0.0628. The Morgan fingerprint density at radius 3 is 1.21 bits per heavy atom. The molecule has 2 unspecified atom stereocenters. The van der Waals surface area contributed by atoms with Gasteiger partial charge in [-0.1, -0.05) is 188 Å². The van der Waals surface area contributed by atoms with Crippen LogP contribution in [0.25, 0.3) is 0 Å². The van der Waals surface area contributed by atoms with Crippen molar-refractivity contribution >= 4 is 11.9 Å². The summed E-state index contributed by atoms with van der Waals surface area (Å²) in [4.78, 5) is 24.7. The molecule has 0 fully saturated rings. The maximum atomic E-state index is 12.7. The van der Waals surface area contributed by atoms with Crippen LogP contribution in [0.4, 0.5) is 0 Å². The number of rotatable bonds is 38. The van der Waals surface area contributed by atoms with Gasteiger partial charge in [0.05, 0.1) is 12.7 Å². The Kier molecular flexibility index (Phi) is 36.8. The van der Waals surface area contributed by atoms with Gasteiger partial charge in [-0.2, -0.15) is 0 Å². The maximum absolute atomic E-state index is 12.7. The third kappa shape index (κ3) is 34.6. The maximum Gasteiger partial charge on any atom is 0.306 e. The molecule has 0 aromatic heterocycles. The average Bonchev–Trinajstić information content (AvgIpc) is 3.06. The second kappa shape index (κ2) is 37.7. The Hall–Kier alpha value is -1.10. The Morgan fingerprint density at radius 1 is 0.426 bits per heavy atom. The highest BCUT2D eigenvalue weighted by Crippen LogP contribution is 2.20. The molecule has 5 nitrogen and oxygen atoms in total. The number of ether oxygens (including phenoxy) is 2. The minimum atomic E-state index is -0.585. The number of carbonyl (C=O) groups is 2. The molecular formula is C42H82O5. The third-order valence-electron chi connectivity index (χ3n) is 9.68. The molecule has 47 heavy (non-hydrogen) atoms. The number of hydrogen-bond donors (Lipinski definition) is 1. The molecule has 0 aliphatic heterocycles. The number of carbonyl (C=O) groups excluding carboxylic acids is 2. The highest BCUT2D eigenvalue weighted by Gasteiger charge is 2.22. The summed E-state index contributed by atoms with van der Waals surface area (Å²) in [6.45, 7) is 7.29. The molecule has 2 atom stereocenters. The first-order valence-corrected chi connectivity index (χ1v) is 21.1. The summed E-state index contributed by atoms with van der Waals surface area (Å²) in [5, 5.41) is 11.0. The van der Waals surface area contributed by atoms with Gasteiger partial charge in [0, 0.05) is 12.8 Å². The summed E-state index contributed by atoms with van der Waals surface area (Å²) >= 11 is 0. The largest absolute Gasteiger partial charge is 0.466 e. The monoisotopic (exact) mass is 667 g/mol. The molecule has 0 saturated carbocycles. The van der Waals surface area contributed by atoms with Gasteiger partial charge in [0.1, 0.15) is 6.10 Å². The summed E-state index contributed by atoms with van der Waals surface area (Å²) in [6.07, 6.45) is 37.5. The van der Waals surface area contributed by atoms with Gasteiger partial charge in [0.25, 0.3) is 0 Å². The molecule has 0 heterocycles. The third-order valence-corrected chi connectivity index (χ3v) is 9.68. The minimum Gasteiger partial charge on any atom is -0.466 e. The molecule has 0 saturated heterocycles. The van der Waals surface area contributed by atoms with Crippen LogP contribution in [0.5, 0.6) is 0 Å². The molecule has 280 valence electrons. The predicted molar refractivity (Wildman–Crippen MR) is 201 cm³/mol. The topological polar surface area (TPSA) is 72.8 Å². The fourth-order valence-electron chi connectivity index (χ4n) is 6.45. The fraction of sp³-hybridized carbons (Fsp3) is 0.952. The lowest BCUT2D eigenvalue weighted by Gasteiger charge is -2.23. The summed E-state index contributed by atoms with van der Waals surface area (Å²) < 4.78 is 11.3. The van der Waals surface area contributed by atoms with Crippen LogP contribution < -0.4 is 0 Å². The van der Waals surface area contributed by atoms with Crippen molar-refractivity contribution in [1.82, 2.24) is 0 Å². The number of esters is 2. The van der Waals surface area contributed by atoms with E-state index in [0.29, 0.717) is 25.9 Å². The summed E-state index contributed by atoms with van der Waals surface area (Å²) in [6, 6.07) is 0. The Morgan fingerprint density at radius 2 is 0.766 bits per heavy atom. The van der Waals surface area contributed by atoms with Crippen molar-refractivity contribution in [1.29, 1.82) is 0 Å². The van der Waals surface area contributed by atoms with Gasteiger partial charge in [-0.15, -0.1) is 0 Å². The molecule has 0 amide bonds. The lowest BCUT2D eigenvalue weighted by atomic mass is 9.99. The predicted octanol–water partition coefficient (Wildman–Crippen LogP) is 13.1. The second-order valence-corrected chi connectivity index (χ2v) is 14.4. The van der Waals surface area contributed by atoms with Gasteiger partial charge < -0.3 is 14.6 Å². The average molecular weight is 667 g/mol. The smallest absolute Gasteiger partial charge is 0.306 e. The first-order chi connectivity index (χ1) is 23.0. The molecule has 0 aromatic rings. The molecule has 0 radical (unpaired) electrons. The van der Waals surface area contributed by atoms with Crippen molar-refractivity contribution < 1.29 is 24.2 Å². The Labute approximate surface area is 293 Å². The quantitative estimate of drug-likeness (QED) is 0.0524. The zero-order valence-electron chi connectivity index (χ0n) is 32.0. The van der Waals surface area contributed by atoms with E-state index in [4.69, 9.17) is 9.47 Å². The highest BCUT2D eigenvalue weighted by molar-refractivity contribution is 5.69. The fourth-order valence-corrected chi connectivity index (χ4v) is 6.45. The normalized spacial score (nSPS) is 12.7. The van der Waals surface area contributed by atoms with Crippen molar-refractivity contribution in [2.75, 3.05) is 6.61 Å². The highest BCUT2D eigenvalue weighted by atomic mass is 16.6. The van der Waals surface area contributed by atoms with Crippen molar-refractivity contribution in [3.63, 3.8) is 0 Å². The zero-order chi connectivity index (χ0) is 34.5. The van der Waals surface area contributed by atoms with E-state index in [1.807, 2.05) is 0 Å². The van der Waals surface area contributed by atoms with Crippen LogP contribution in [0.2, 0.25) is 0 Å². The molecule has 0 aromatic carbocycles. The molecule has 1 N–H and O–H groups in total. The van der Waals surface area contributed by atoms with E-state index in [2.05, 4.69) is 20.8 Å². The molecule has 0 aliphatic rings. The van der Waals surface area contributed by atoms with Crippen molar-refractivity contribution in [3.05, 3.63) is 0 Å². The standard InChI is InChI=1S/C42H82O5/c1-4-7-10-13-16-17-18-19-20-21-22-26-32-37-42(45)47-40(35-30-25-14-11-8-5-2)39(43)34-29-24-23-27-31-36-41(44)46-38-33-28-15-12-9-6-3/h39-40,43H,4-38H2,1-3H3. The van der Waals surface area contributed by atoms with Gasteiger partial charge in [-0.05, 0) is 38.5 Å². The first kappa shape index (κ1) is 45.9. The van der Waals surface area contributed by atoms with Crippen LogP contribution >= 0.6 is 0 Å². The van der Waals surface area contributed by atoms with E-state index in [1.165, 1.54) is 122 Å². The van der Waals surface area contributed by atoms with E-state index >= 15 is 0 Å². The van der Waals surface area contributed by atoms with Gasteiger partial charge in [0.15, 0.2) is 0 Å². The molecule has 5 heteroatoms.